The third kappa shape index (κ3) is 3.65. The van der Waals surface area contributed by atoms with Crippen LogP contribution in [0, 0.1) is 0 Å². The summed E-state index contributed by atoms with van der Waals surface area (Å²) in [7, 11) is 0. The minimum absolute atomic E-state index is 1.66. The summed E-state index contributed by atoms with van der Waals surface area (Å²) in [5, 5.41) is 37.2. The van der Waals surface area contributed by atoms with Crippen LogP contribution < -0.4 is 0 Å². The Hall–Kier alpha value is -0.440. The fourth-order valence-electron chi connectivity index (χ4n) is 1.54. The Bertz CT molecular complexity index is 973. The normalized spacial score (nSPS) is 92.0. The Labute approximate surface area is 156 Å². The van der Waals surface area contributed by atoms with Gasteiger partial charge in [0.25, 0.3) is 0 Å². The van der Waals surface area contributed by atoms with Crippen molar-refractivity contribution in [2.45, 2.75) is 61.2 Å². The Balaban J connectivity index is 3.03. The Morgan fingerprint density at radius 3 is 2.35 bits per heavy atom. The molecule has 0 aromatic heterocycles. The highest BCUT2D eigenvalue weighted by Gasteiger charge is 2.50. The second-order valence-electron chi connectivity index (χ2n) is 4.01. The van der Waals surface area contributed by atoms with Gasteiger partial charge in [0.05, 0.1) is 28.2 Å². The lowest BCUT2D eigenvalue weighted by Gasteiger charge is -2.45. The number of rotatable bonds is 11. The van der Waals surface area contributed by atoms with Gasteiger partial charge in [-0.2, -0.15) is 0 Å². The van der Waals surface area contributed by atoms with Gasteiger partial charge in [-0.15, -0.1) is 0 Å². The van der Waals surface area contributed by atoms with Gasteiger partial charge >= 0.3 is 0 Å². The number of hydrogen-bond acceptors (Lipinski definition) is 11. The van der Waals surface area contributed by atoms with Gasteiger partial charge in [-0.1, -0.05) is 0 Å². The molecule has 1 unspecified atom stereocenters. The maximum Gasteiger partial charge on any atom is 0.213 e. The van der Waals surface area contributed by atoms with Crippen molar-refractivity contribution in [1.82, 2.24) is 0 Å². The predicted octanol–water partition coefficient (Wildman–Crippen LogP) is -5.40. The van der Waals surface area contributed by atoms with E-state index in [0.29, 0.717) is 0 Å². The van der Waals surface area contributed by atoms with Crippen LogP contribution in [0.2, 0.25) is 0 Å². The van der Waals surface area contributed by atoms with E-state index in [1.54, 1.807) is 0 Å². The van der Waals surface area contributed by atoms with E-state index in [2.05, 4.69) is 35.8 Å². The summed E-state index contributed by atoms with van der Waals surface area (Å²) < 4.78 is 156. The zero-order valence-corrected chi connectivity index (χ0v) is 10.8. The lowest BCUT2D eigenvalue weighted by molar-refractivity contribution is -0.355. The first kappa shape index (κ1) is 6.07. The molecule has 0 spiro atoms. The van der Waals surface area contributed by atoms with Gasteiger partial charge in [-0.3, -0.25) is 0 Å². The average Bonchev–Trinajstić information content (AvgIpc) is 2.95. The monoisotopic (exact) mass is 360 g/mol. The molecule has 10 atom stereocenters. The van der Waals surface area contributed by atoms with Gasteiger partial charge in [0.15, 0.2) is 12.5 Å². The van der Waals surface area contributed by atoms with Crippen LogP contribution in [0.3, 0.4) is 0 Å². The first-order valence-electron chi connectivity index (χ1n) is 14.1. The molecule has 0 amide bonds. The molecule has 8 N–H and O–H groups in total. The quantitative estimate of drug-likeness (QED) is 0.175. The summed E-state index contributed by atoms with van der Waals surface area (Å²) in [5.41, 5.74) is 0. The van der Waals surface area contributed by atoms with Crippen LogP contribution in [0.1, 0.15) is 15.1 Å². The molecule has 0 aromatic rings. The molecule has 11 heteroatoms. The van der Waals surface area contributed by atoms with Crippen molar-refractivity contribution >= 4 is 0 Å². The van der Waals surface area contributed by atoms with Crippen molar-refractivity contribution in [2.24, 2.45) is 0 Å². The molecule has 23 heavy (non-hydrogen) atoms. The van der Waals surface area contributed by atoms with Gasteiger partial charge in [0.1, 0.15) is 48.7 Å². The number of ether oxygens (including phenoxy) is 3. The van der Waals surface area contributed by atoms with E-state index in [9.17, 15) is 5.11 Å². The van der Waals surface area contributed by atoms with E-state index in [-0.39, 0.29) is 0 Å². The summed E-state index contributed by atoms with van der Waals surface area (Å²) in [4.78, 5) is 0. The molecule has 11 nitrogen and oxygen atoms in total. The van der Waals surface area contributed by atoms with Crippen molar-refractivity contribution in [3.05, 3.63) is 0 Å². The largest absolute Gasteiger partial charge is 0.394 e. The number of aliphatic hydroxyl groups excluding tert-OH is 1. The number of aliphatic hydroxyl groups is 8. The van der Waals surface area contributed by atoms with E-state index in [4.69, 9.17) is 39.3 Å². The van der Waals surface area contributed by atoms with Crippen LogP contribution in [0.25, 0.3) is 0 Å². The Kier molecular flexibility index (Phi) is 2.01. The predicted molar refractivity (Wildman–Crippen MR) is 68.6 cm³/mol. The van der Waals surface area contributed by atoms with E-state index >= 15 is 0 Å². The first-order valence-corrected chi connectivity index (χ1v) is 5.70. The molecule has 2 fully saturated rings. The standard InChI is InChI=1S/C12H22O11/c13-1-3-5(15)6(16)9(19)12(22-3)23-10-4(2-14)21-11(20)8(18)7(10)17/h3-20H,1-2H2/t3-,4-,5+,6+,7-,8-,9-,10-,11?,12+/m1/s1/i1D2,3D,5D,6D,7D,8D,9D,10D,11D,12D,13D,15D,16D,17D,18D,19D,20D. The van der Waals surface area contributed by atoms with Crippen molar-refractivity contribution < 1.29 is 70.2 Å². The second kappa shape index (κ2) is 7.63. The topological polar surface area (TPSA) is 190 Å². The Morgan fingerprint density at radius 2 is 1.74 bits per heavy atom. The van der Waals surface area contributed by atoms with Gasteiger partial charge in [-0.05, 0) is 0 Å². The minimum Gasteiger partial charge on any atom is -0.394 e. The van der Waals surface area contributed by atoms with Crippen LogP contribution in [-0.4, -0.2) is 125 Å². The summed E-state index contributed by atoms with van der Waals surface area (Å²) >= 11 is 0. The van der Waals surface area contributed by atoms with Crippen molar-refractivity contribution in [1.29, 1.82) is 10.0 Å². The molecule has 0 bridgehead atoms. The van der Waals surface area contributed by atoms with E-state index in [0.717, 1.165) is 0 Å². The van der Waals surface area contributed by atoms with Crippen LogP contribution in [0.5, 0.6) is 0 Å². The fraction of sp³-hybridized carbons (Fsp3) is 1.00. The highest BCUT2D eigenvalue weighted by atomic mass is 16.7. The molecular formula is C12H22O11. The molecule has 2 aliphatic rings. The zero-order chi connectivity index (χ0) is 32.4. The minimum atomic E-state index is -4.55. The summed E-state index contributed by atoms with van der Waals surface area (Å²) in [5.74, 6) is 0. The summed E-state index contributed by atoms with van der Waals surface area (Å²) in [6, 6.07) is 0. The summed E-state index contributed by atoms with van der Waals surface area (Å²) in [6.07, 6.45) is -40.9. The average molecular weight is 360 g/mol. The van der Waals surface area contributed by atoms with Crippen LogP contribution >= 0.6 is 0 Å². The highest BCUT2D eigenvalue weighted by Crippen LogP contribution is 2.28. The van der Waals surface area contributed by atoms with Crippen LogP contribution in [0.15, 0.2) is 0 Å². The van der Waals surface area contributed by atoms with Crippen LogP contribution in [-0.2, 0) is 14.2 Å². The molecule has 0 aliphatic carbocycles. The molecule has 2 saturated heterocycles. The van der Waals surface area contributed by atoms with Crippen molar-refractivity contribution in [3.63, 3.8) is 0 Å². The maximum absolute atomic E-state index is 9.87. The molecule has 0 aromatic carbocycles. The van der Waals surface area contributed by atoms with Crippen LogP contribution in [0.4, 0.5) is 0 Å². The van der Waals surface area contributed by atoms with E-state index in [1.807, 2.05) is 0 Å². The highest BCUT2D eigenvalue weighted by molar-refractivity contribution is 4.93. The SMILES string of the molecule is [2H]OC1([2H])O[C@H](CO)[C@@]([2H])(O[C@]2([2H])O[C@]([2H])(C([2H])([2H])O[2H])[C@]([2H])(O[2H])[C@]([2H])(O[2H])[C@@]2([2H])O[2H])[C@]([2H])(O[2H])[C@@]1([2H])O[2H]. The van der Waals surface area contributed by atoms with Gasteiger partial charge in [-0.25, -0.2) is 0 Å². The molecule has 0 saturated carbocycles. The second-order valence-corrected chi connectivity index (χ2v) is 4.01. The smallest absolute Gasteiger partial charge is 0.213 e. The fourth-order valence-corrected chi connectivity index (χ4v) is 1.54. The van der Waals surface area contributed by atoms with Gasteiger partial charge in [0, 0.05) is 0 Å². The lowest BCUT2D eigenvalue weighted by Crippen LogP contribution is -2.64. The molecular weight excluding hydrogens is 320 g/mol. The molecule has 136 valence electrons. The Morgan fingerprint density at radius 1 is 0.957 bits per heavy atom. The zero-order valence-electron chi connectivity index (χ0n) is 28.8. The van der Waals surface area contributed by atoms with Crippen molar-refractivity contribution in [3.8, 4) is 0 Å². The molecule has 0 radical (unpaired) electrons. The van der Waals surface area contributed by atoms with E-state index in [1.165, 1.54) is 0 Å². The van der Waals surface area contributed by atoms with Crippen molar-refractivity contribution in [2.75, 3.05) is 13.2 Å². The maximum atomic E-state index is 9.87. The van der Waals surface area contributed by atoms with Gasteiger partial charge in [0.2, 0.25) is 10.0 Å². The first-order chi connectivity index (χ1) is 18.5. The molecule has 2 heterocycles. The lowest BCUT2D eigenvalue weighted by atomic mass is 9.97. The third-order valence-electron chi connectivity index (χ3n) is 2.62. The molecule has 2 rings (SSSR count). The van der Waals surface area contributed by atoms with E-state index < -0.39 is 74.4 Å². The summed E-state index contributed by atoms with van der Waals surface area (Å²) in [6.45, 7) is -5.80. The third-order valence-corrected chi connectivity index (χ3v) is 2.62. The number of hydrogen-bond donors (Lipinski definition) is 8. The van der Waals surface area contributed by atoms with Gasteiger partial charge < -0.3 is 55.1 Å². The molecule has 2 aliphatic heterocycles.